The molecule has 1 heterocycles. The Morgan fingerprint density at radius 1 is 1.20 bits per heavy atom. The number of alkyl halides is 3. The van der Waals surface area contributed by atoms with Crippen molar-refractivity contribution in [1.82, 2.24) is 4.98 Å². The molecule has 0 unspecified atom stereocenters. The Bertz CT molecular complexity index is 682. The van der Waals surface area contributed by atoms with E-state index in [2.05, 4.69) is 4.98 Å². The molecular weight excluding hydrogens is 272 g/mol. The molecule has 0 saturated carbocycles. The van der Waals surface area contributed by atoms with Crippen molar-refractivity contribution in [1.29, 1.82) is 5.26 Å². The van der Waals surface area contributed by atoms with Crippen LogP contribution in [-0.4, -0.2) is 4.98 Å². The van der Waals surface area contributed by atoms with Gasteiger partial charge in [-0.3, -0.25) is 4.98 Å². The van der Waals surface area contributed by atoms with Gasteiger partial charge in [0.2, 0.25) is 0 Å². The van der Waals surface area contributed by atoms with Gasteiger partial charge >= 0.3 is 6.18 Å². The van der Waals surface area contributed by atoms with Crippen molar-refractivity contribution >= 4 is 0 Å². The molecule has 0 aliphatic carbocycles. The maximum absolute atomic E-state index is 13.5. The number of aromatic nitrogens is 1. The fraction of sp³-hybridized carbons (Fsp3) is 0.143. The maximum Gasteiger partial charge on any atom is 0.433 e. The van der Waals surface area contributed by atoms with E-state index in [1.807, 2.05) is 6.07 Å². The van der Waals surface area contributed by atoms with Crippen LogP contribution in [0.2, 0.25) is 0 Å². The van der Waals surface area contributed by atoms with Gasteiger partial charge in [0.05, 0.1) is 11.6 Å². The minimum Gasteiger partial charge on any atom is -0.251 e. The molecule has 0 aliphatic rings. The van der Waals surface area contributed by atoms with Crippen LogP contribution in [0.25, 0.3) is 11.1 Å². The number of hydrogen-bond acceptors (Lipinski definition) is 2. The van der Waals surface area contributed by atoms with Gasteiger partial charge < -0.3 is 0 Å². The zero-order valence-electron chi connectivity index (χ0n) is 10.3. The number of hydrogen-bond donors (Lipinski definition) is 0. The van der Waals surface area contributed by atoms with E-state index in [1.165, 1.54) is 19.1 Å². The van der Waals surface area contributed by atoms with Crippen LogP contribution < -0.4 is 0 Å². The Morgan fingerprint density at radius 3 is 2.40 bits per heavy atom. The third-order valence-corrected chi connectivity index (χ3v) is 2.78. The molecule has 6 heteroatoms. The predicted molar refractivity (Wildman–Crippen MR) is 64.1 cm³/mol. The van der Waals surface area contributed by atoms with Crippen LogP contribution in [0.4, 0.5) is 17.6 Å². The first-order valence-corrected chi connectivity index (χ1v) is 5.57. The van der Waals surface area contributed by atoms with Crippen molar-refractivity contribution < 1.29 is 17.6 Å². The summed E-state index contributed by atoms with van der Waals surface area (Å²) in [5, 5.41) is 9.01. The zero-order chi connectivity index (χ0) is 14.9. The number of pyridine rings is 1. The molecule has 0 fully saturated rings. The van der Waals surface area contributed by atoms with Crippen molar-refractivity contribution in [2.24, 2.45) is 0 Å². The lowest BCUT2D eigenvalue weighted by Gasteiger charge is -2.09. The van der Waals surface area contributed by atoms with Crippen LogP contribution in [0.15, 0.2) is 30.5 Å². The lowest BCUT2D eigenvalue weighted by molar-refractivity contribution is -0.141. The van der Waals surface area contributed by atoms with Crippen LogP contribution in [0.1, 0.15) is 16.8 Å². The van der Waals surface area contributed by atoms with Gasteiger partial charge in [-0.1, -0.05) is 6.07 Å². The van der Waals surface area contributed by atoms with Crippen LogP contribution in [0, 0.1) is 24.1 Å². The average molecular weight is 280 g/mol. The zero-order valence-corrected chi connectivity index (χ0v) is 10.3. The highest BCUT2D eigenvalue weighted by Crippen LogP contribution is 2.30. The van der Waals surface area contributed by atoms with Crippen LogP contribution in [0.3, 0.4) is 0 Å². The lowest BCUT2D eigenvalue weighted by atomic mass is 9.99. The summed E-state index contributed by atoms with van der Waals surface area (Å²) >= 11 is 0. The Labute approximate surface area is 112 Å². The second-order valence-corrected chi connectivity index (χ2v) is 4.19. The first kappa shape index (κ1) is 14.0. The van der Waals surface area contributed by atoms with E-state index in [4.69, 9.17) is 5.26 Å². The quantitative estimate of drug-likeness (QED) is 0.738. The molecular formula is C14H8F4N2. The number of nitriles is 1. The van der Waals surface area contributed by atoms with E-state index < -0.39 is 17.7 Å². The average Bonchev–Trinajstić information content (AvgIpc) is 2.40. The van der Waals surface area contributed by atoms with Gasteiger partial charge in [0.1, 0.15) is 11.5 Å². The van der Waals surface area contributed by atoms with Gasteiger partial charge in [0.15, 0.2) is 0 Å². The van der Waals surface area contributed by atoms with Crippen LogP contribution >= 0.6 is 0 Å². The Morgan fingerprint density at radius 2 is 1.90 bits per heavy atom. The fourth-order valence-corrected chi connectivity index (χ4v) is 1.73. The molecule has 2 rings (SSSR count). The molecule has 20 heavy (non-hydrogen) atoms. The minimum atomic E-state index is -4.53. The van der Waals surface area contributed by atoms with Gasteiger partial charge in [0, 0.05) is 17.3 Å². The molecule has 0 bridgehead atoms. The minimum absolute atomic E-state index is 0.186. The molecule has 2 aromatic rings. The largest absolute Gasteiger partial charge is 0.433 e. The highest BCUT2D eigenvalue weighted by Gasteiger charge is 2.32. The van der Waals surface area contributed by atoms with Crippen molar-refractivity contribution in [3.63, 3.8) is 0 Å². The Balaban J connectivity index is 2.53. The predicted octanol–water partition coefficient (Wildman–Crippen LogP) is 4.09. The summed E-state index contributed by atoms with van der Waals surface area (Å²) in [6, 6.07) is 6.33. The van der Waals surface area contributed by atoms with Gasteiger partial charge in [-0.2, -0.15) is 18.4 Å². The molecule has 1 aromatic heterocycles. The van der Waals surface area contributed by atoms with E-state index in [1.54, 1.807) is 0 Å². The first-order chi connectivity index (χ1) is 9.32. The van der Waals surface area contributed by atoms with E-state index in [0.717, 1.165) is 18.3 Å². The Hall–Kier alpha value is -2.42. The summed E-state index contributed by atoms with van der Waals surface area (Å²) in [5.74, 6) is -0.529. The smallest absolute Gasteiger partial charge is 0.251 e. The fourth-order valence-electron chi connectivity index (χ4n) is 1.73. The van der Waals surface area contributed by atoms with E-state index in [0.29, 0.717) is 5.56 Å². The van der Waals surface area contributed by atoms with E-state index in [9.17, 15) is 17.6 Å². The summed E-state index contributed by atoms with van der Waals surface area (Å²) in [6.07, 6.45) is -3.55. The number of nitrogens with zero attached hydrogens (tertiary/aromatic N) is 2. The molecule has 102 valence electrons. The molecule has 0 saturated heterocycles. The summed E-state index contributed by atoms with van der Waals surface area (Å²) < 4.78 is 50.8. The maximum atomic E-state index is 13.5. The van der Waals surface area contributed by atoms with Crippen LogP contribution in [-0.2, 0) is 6.18 Å². The molecule has 1 aromatic carbocycles. The van der Waals surface area contributed by atoms with Crippen molar-refractivity contribution in [3.8, 4) is 17.2 Å². The second kappa shape index (κ2) is 4.93. The van der Waals surface area contributed by atoms with E-state index in [-0.39, 0.29) is 16.7 Å². The third kappa shape index (κ3) is 2.62. The van der Waals surface area contributed by atoms with Gasteiger partial charge in [-0.15, -0.1) is 0 Å². The molecule has 0 spiro atoms. The highest BCUT2D eigenvalue weighted by atomic mass is 19.4. The third-order valence-electron chi connectivity index (χ3n) is 2.78. The summed E-state index contributed by atoms with van der Waals surface area (Å²) in [4.78, 5) is 3.30. The first-order valence-electron chi connectivity index (χ1n) is 5.57. The van der Waals surface area contributed by atoms with Gasteiger partial charge in [0.25, 0.3) is 0 Å². The summed E-state index contributed by atoms with van der Waals surface area (Å²) in [5.41, 5.74) is -0.0757. The monoisotopic (exact) mass is 280 g/mol. The van der Waals surface area contributed by atoms with Crippen molar-refractivity contribution in [3.05, 3.63) is 53.1 Å². The standard InChI is InChI=1S/C14H8F4N2/c1-8-4-10(6-19)11(5-12(8)15)9-2-3-13(20-7-9)14(16,17)18/h2-5,7H,1H3. The van der Waals surface area contributed by atoms with Crippen LogP contribution in [0.5, 0.6) is 0 Å². The summed E-state index contributed by atoms with van der Waals surface area (Å²) in [6.45, 7) is 1.50. The summed E-state index contributed by atoms with van der Waals surface area (Å²) in [7, 11) is 0. The van der Waals surface area contributed by atoms with Crippen molar-refractivity contribution in [2.75, 3.05) is 0 Å². The second-order valence-electron chi connectivity index (χ2n) is 4.19. The molecule has 0 radical (unpaired) electrons. The molecule has 0 atom stereocenters. The molecule has 0 aliphatic heterocycles. The SMILES string of the molecule is Cc1cc(C#N)c(-c2ccc(C(F)(F)F)nc2)cc1F. The van der Waals surface area contributed by atoms with E-state index >= 15 is 0 Å². The van der Waals surface area contributed by atoms with Crippen molar-refractivity contribution in [2.45, 2.75) is 13.1 Å². The number of halogens is 4. The van der Waals surface area contributed by atoms with Gasteiger partial charge in [-0.25, -0.2) is 4.39 Å². The number of benzene rings is 1. The highest BCUT2D eigenvalue weighted by molar-refractivity contribution is 5.70. The topological polar surface area (TPSA) is 36.7 Å². The molecule has 2 nitrogen and oxygen atoms in total. The molecule has 0 amide bonds. The number of aryl methyl sites for hydroxylation is 1. The normalized spacial score (nSPS) is 11.2. The number of rotatable bonds is 1. The Kier molecular flexibility index (Phi) is 3.45. The molecule has 0 N–H and O–H groups in total. The van der Waals surface area contributed by atoms with Gasteiger partial charge in [-0.05, 0) is 30.7 Å². The lowest BCUT2D eigenvalue weighted by Crippen LogP contribution is -2.07.